The Kier molecular flexibility index (Phi) is 12.1. The number of rotatable bonds is 14. The summed E-state index contributed by atoms with van der Waals surface area (Å²) in [6, 6.07) is 85.2. The van der Waals surface area contributed by atoms with Gasteiger partial charge in [0.1, 0.15) is 0 Å². The number of allylic oxidation sites excluding steroid dienone is 4. The monoisotopic (exact) mass is 852 g/mol. The normalized spacial score (nSPS) is 11.9. The second-order valence-corrected chi connectivity index (χ2v) is 16.1. The Balaban J connectivity index is 1.23. The van der Waals surface area contributed by atoms with Gasteiger partial charge in [0.15, 0.2) is 5.78 Å². The maximum Gasteiger partial charge on any atom is 0.193 e. The van der Waals surface area contributed by atoms with Gasteiger partial charge in [0, 0.05) is 79.4 Å². The van der Waals surface area contributed by atoms with Crippen molar-refractivity contribution in [3.63, 3.8) is 0 Å². The molecule has 1 aliphatic rings. The standard InChI is InChI=1S/C61H48N4O/c66-61(47-41-57(62(49-25-9-1-10-26-49)50-27-11-2-12-28-50)45-58(42-47)63(51-29-13-3-14-30-51)52-31-15-4-16-32-52)48-43-59(64(53-33-17-5-18-34-53)54-35-19-6-20-36-54)46-60(44-48)65(55-37-21-7-22-38-55)56-39-23-8-24-40-56/h1-23,25-39,41-46H,24,40H2. The summed E-state index contributed by atoms with van der Waals surface area (Å²) in [5.41, 5.74) is 12.6. The zero-order valence-electron chi connectivity index (χ0n) is 36.5. The van der Waals surface area contributed by atoms with Gasteiger partial charge in [-0.25, -0.2) is 0 Å². The third-order valence-electron chi connectivity index (χ3n) is 11.7. The molecule has 0 spiro atoms. The Bertz CT molecular complexity index is 2870. The van der Waals surface area contributed by atoms with Crippen LogP contribution in [0.2, 0.25) is 0 Å². The minimum atomic E-state index is -0.102. The highest BCUT2D eigenvalue weighted by atomic mass is 16.1. The number of para-hydroxylation sites is 7. The lowest BCUT2D eigenvalue weighted by molar-refractivity contribution is 0.103. The van der Waals surface area contributed by atoms with E-state index in [0.29, 0.717) is 11.1 Å². The average Bonchev–Trinajstić information content (AvgIpc) is 3.39. The van der Waals surface area contributed by atoms with Gasteiger partial charge in [-0.2, -0.15) is 0 Å². The van der Waals surface area contributed by atoms with E-state index in [1.807, 2.05) is 54.6 Å². The smallest absolute Gasteiger partial charge is 0.193 e. The Labute approximate surface area is 387 Å². The molecule has 0 atom stereocenters. The molecule has 1 aliphatic carbocycles. The van der Waals surface area contributed by atoms with Crippen molar-refractivity contribution in [1.82, 2.24) is 0 Å². The Morgan fingerprint density at radius 3 is 0.818 bits per heavy atom. The van der Waals surface area contributed by atoms with Crippen molar-refractivity contribution in [1.29, 1.82) is 0 Å². The zero-order valence-corrected chi connectivity index (χ0v) is 36.5. The molecule has 318 valence electrons. The predicted molar refractivity (Wildman–Crippen MR) is 275 cm³/mol. The molecule has 0 fully saturated rings. The molecule has 9 aromatic carbocycles. The number of carbonyl (C=O) groups excluding carboxylic acids is 1. The van der Waals surface area contributed by atoms with E-state index in [9.17, 15) is 0 Å². The number of benzene rings is 9. The molecule has 0 saturated carbocycles. The molecule has 5 nitrogen and oxygen atoms in total. The van der Waals surface area contributed by atoms with Gasteiger partial charge in [-0.15, -0.1) is 0 Å². The lowest BCUT2D eigenvalue weighted by Crippen LogP contribution is -2.19. The number of nitrogens with zero attached hydrogens (tertiary/aromatic N) is 4. The van der Waals surface area contributed by atoms with E-state index in [0.717, 1.165) is 81.1 Å². The second kappa shape index (κ2) is 19.4. The number of hydrogen-bond acceptors (Lipinski definition) is 5. The van der Waals surface area contributed by atoms with Gasteiger partial charge in [-0.1, -0.05) is 140 Å². The molecule has 0 saturated heterocycles. The SMILES string of the molecule is O=C(c1cc(N(C2=CC=CCC2)c2ccccc2)cc(N(c2ccccc2)c2ccccc2)c1)c1cc(N(c2ccccc2)c2ccccc2)cc(N(c2ccccc2)c2ccccc2)c1. The average molecular weight is 853 g/mol. The predicted octanol–water partition coefficient (Wildman–Crippen LogP) is 16.7. The molecule has 0 unspecified atom stereocenters. The maximum atomic E-state index is 16.0. The molecule has 0 radical (unpaired) electrons. The van der Waals surface area contributed by atoms with Crippen LogP contribution >= 0.6 is 0 Å². The highest BCUT2D eigenvalue weighted by Crippen LogP contribution is 2.44. The molecule has 0 N–H and O–H groups in total. The summed E-state index contributed by atoms with van der Waals surface area (Å²) >= 11 is 0. The first-order valence-corrected chi connectivity index (χ1v) is 22.4. The van der Waals surface area contributed by atoms with Crippen LogP contribution in [-0.4, -0.2) is 5.78 Å². The van der Waals surface area contributed by atoms with Crippen LogP contribution in [0.4, 0.5) is 62.6 Å². The summed E-state index contributed by atoms with van der Waals surface area (Å²) in [5.74, 6) is -0.102. The molecule has 5 heteroatoms. The Hall–Kier alpha value is -8.67. The number of carbonyl (C=O) groups is 1. The molecular formula is C61H48N4O. The van der Waals surface area contributed by atoms with E-state index in [1.165, 1.54) is 0 Å². The van der Waals surface area contributed by atoms with Crippen molar-refractivity contribution in [3.8, 4) is 0 Å². The van der Waals surface area contributed by atoms with E-state index in [2.05, 4.69) is 232 Å². The minimum absolute atomic E-state index is 0.102. The van der Waals surface area contributed by atoms with E-state index in [1.54, 1.807) is 0 Å². The van der Waals surface area contributed by atoms with Crippen LogP contribution in [0.3, 0.4) is 0 Å². The van der Waals surface area contributed by atoms with Crippen molar-refractivity contribution in [2.24, 2.45) is 0 Å². The summed E-state index contributed by atoms with van der Waals surface area (Å²) in [6.07, 6.45) is 8.31. The van der Waals surface area contributed by atoms with E-state index < -0.39 is 0 Å². The Morgan fingerprint density at radius 2 is 0.561 bits per heavy atom. The van der Waals surface area contributed by atoms with Gasteiger partial charge in [0.2, 0.25) is 0 Å². The van der Waals surface area contributed by atoms with Gasteiger partial charge in [-0.05, 0) is 140 Å². The quantitative estimate of drug-likeness (QED) is 0.102. The lowest BCUT2D eigenvalue weighted by atomic mass is 9.98. The van der Waals surface area contributed by atoms with Gasteiger partial charge in [-0.3, -0.25) is 4.79 Å². The van der Waals surface area contributed by atoms with Crippen molar-refractivity contribution < 1.29 is 4.79 Å². The molecule has 0 amide bonds. The Morgan fingerprint density at radius 1 is 0.303 bits per heavy atom. The van der Waals surface area contributed by atoms with Gasteiger partial charge in [0.05, 0.1) is 0 Å². The molecule has 10 rings (SSSR count). The van der Waals surface area contributed by atoms with Gasteiger partial charge < -0.3 is 19.6 Å². The van der Waals surface area contributed by atoms with Crippen molar-refractivity contribution in [2.75, 3.05) is 19.6 Å². The van der Waals surface area contributed by atoms with Crippen molar-refractivity contribution in [3.05, 3.63) is 284 Å². The molecule has 0 aliphatic heterocycles. The topological polar surface area (TPSA) is 30.0 Å². The first-order chi connectivity index (χ1) is 32.7. The summed E-state index contributed by atoms with van der Waals surface area (Å²) < 4.78 is 0. The molecule has 0 heterocycles. The summed E-state index contributed by atoms with van der Waals surface area (Å²) in [5, 5.41) is 0. The van der Waals surface area contributed by atoms with Gasteiger partial charge in [0.25, 0.3) is 0 Å². The fraction of sp³-hybridized carbons (Fsp3) is 0.0328. The maximum absolute atomic E-state index is 16.0. The summed E-state index contributed by atoms with van der Waals surface area (Å²) in [7, 11) is 0. The highest BCUT2D eigenvalue weighted by Gasteiger charge is 2.25. The van der Waals surface area contributed by atoms with Crippen molar-refractivity contribution in [2.45, 2.75) is 12.8 Å². The van der Waals surface area contributed by atoms with Crippen LogP contribution in [0, 0.1) is 0 Å². The minimum Gasteiger partial charge on any atom is -0.314 e. The van der Waals surface area contributed by atoms with Crippen LogP contribution in [0.15, 0.2) is 273 Å². The van der Waals surface area contributed by atoms with E-state index >= 15 is 4.79 Å². The number of anilines is 11. The first kappa shape index (κ1) is 41.3. The molecular weight excluding hydrogens is 805 g/mol. The fourth-order valence-corrected chi connectivity index (χ4v) is 8.77. The van der Waals surface area contributed by atoms with Crippen LogP contribution < -0.4 is 19.6 Å². The highest BCUT2D eigenvalue weighted by molar-refractivity contribution is 6.12. The summed E-state index contributed by atoms with van der Waals surface area (Å²) in [6.45, 7) is 0. The van der Waals surface area contributed by atoms with Crippen molar-refractivity contribution >= 4 is 68.3 Å². The third-order valence-corrected chi connectivity index (χ3v) is 11.7. The van der Waals surface area contributed by atoms with E-state index in [4.69, 9.17) is 0 Å². The van der Waals surface area contributed by atoms with Crippen LogP contribution in [0.1, 0.15) is 28.8 Å². The number of hydrogen-bond donors (Lipinski definition) is 0. The van der Waals surface area contributed by atoms with Crippen LogP contribution in [0.25, 0.3) is 0 Å². The van der Waals surface area contributed by atoms with Gasteiger partial charge >= 0.3 is 0 Å². The molecule has 66 heavy (non-hydrogen) atoms. The largest absolute Gasteiger partial charge is 0.314 e. The first-order valence-electron chi connectivity index (χ1n) is 22.4. The zero-order chi connectivity index (χ0) is 44.5. The number of ketones is 1. The van der Waals surface area contributed by atoms with Crippen LogP contribution in [0.5, 0.6) is 0 Å². The third kappa shape index (κ3) is 8.92. The molecule has 0 aromatic heterocycles. The second-order valence-electron chi connectivity index (χ2n) is 16.1. The summed E-state index contributed by atoms with van der Waals surface area (Å²) in [4.78, 5) is 25.0. The van der Waals surface area contributed by atoms with E-state index in [-0.39, 0.29) is 5.78 Å². The molecule has 0 bridgehead atoms. The fourth-order valence-electron chi connectivity index (χ4n) is 8.77. The van der Waals surface area contributed by atoms with Crippen LogP contribution in [-0.2, 0) is 0 Å². The lowest BCUT2D eigenvalue weighted by Gasteiger charge is -2.32. The molecule has 9 aromatic rings.